The number of hydrogen-bond acceptors (Lipinski definition) is 13. The molecule has 0 saturated carbocycles. The van der Waals surface area contributed by atoms with Gasteiger partial charge in [0.1, 0.15) is 5.75 Å². The maximum absolute atomic E-state index is 12.8. The van der Waals surface area contributed by atoms with Gasteiger partial charge in [0.2, 0.25) is 23.8 Å². The van der Waals surface area contributed by atoms with E-state index in [9.17, 15) is 14.7 Å². The van der Waals surface area contributed by atoms with Crippen molar-refractivity contribution in [2.75, 3.05) is 51.9 Å². The van der Waals surface area contributed by atoms with Gasteiger partial charge >= 0.3 is 0 Å². The molecule has 258 valence electrons. The number of benzene rings is 2. The molecule has 16 heteroatoms. The van der Waals surface area contributed by atoms with Crippen LogP contribution in [0.2, 0.25) is 0 Å². The van der Waals surface area contributed by atoms with Crippen molar-refractivity contribution in [2.45, 2.75) is 51.9 Å². The van der Waals surface area contributed by atoms with E-state index in [1.165, 1.54) is 18.9 Å². The largest absolute Gasteiger partial charge is 0.506 e. The van der Waals surface area contributed by atoms with Crippen LogP contribution in [0.3, 0.4) is 0 Å². The highest BCUT2D eigenvalue weighted by Crippen LogP contribution is 2.28. The third-order valence-electron chi connectivity index (χ3n) is 7.14. The van der Waals surface area contributed by atoms with Crippen LogP contribution in [0, 0.1) is 0 Å². The van der Waals surface area contributed by atoms with E-state index in [1.807, 2.05) is 0 Å². The summed E-state index contributed by atoms with van der Waals surface area (Å²) in [5.74, 6) is 1.22. The highest BCUT2D eigenvalue weighted by Gasteiger charge is 2.20. The second-order valence-corrected chi connectivity index (χ2v) is 10.1. The molecule has 5 rings (SSSR count). The topological polar surface area (TPSA) is 276 Å². The fourth-order valence-corrected chi connectivity index (χ4v) is 4.87. The van der Waals surface area contributed by atoms with E-state index in [0.717, 1.165) is 57.5 Å². The molecule has 0 aliphatic carbocycles. The molecule has 2 amide bonds. The van der Waals surface area contributed by atoms with Crippen LogP contribution < -0.4 is 50.4 Å². The van der Waals surface area contributed by atoms with Gasteiger partial charge in [-0.2, -0.15) is 15.0 Å². The standard InChI is InChI=1S/C29H36N8O3.ClH.4H3N.4H2/c1-2-25(39)30-22-13-14-23(24(38)19-22)32-26(40)20-9-11-21(12-10-20)31-27-33-28(36-15-5-3-6-16-36)35-29(34-27)37-17-7-4-8-18-37;;;;;;;;;/h9-14,19,38H,2-8,15-18H2,1H3,(H,30,39)(H,32,40)(H,31,33,34,35);1H;4*1H3;4*1H. The van der Waals surface area contributed by atoms with Crippen molar-refractivity contribution in [2.24, 2.45) is 0 Å². The first-order valence-corrected chi connectivity index (χ1v) is 14.1. The molecule has 0 unspecified atom stereocenters. The van der Waals surface area contributed by atoms with Crippen LogP contribution in [0.1, 0.15) is 67.9 Å². The number of carbonyl (C=O) groups excluding carboxylic acids is 2. The predicted octanol–water partition coefficient (Wildman–Crippen LogP) is 6.96. The van der Waals surface area contributed by atoms with Crippen LogP contribution in [-0.4, -0.2) is 58.1 Å². The lowest BCUT2D eigenvalue weighted by Gasteiger charge is -2.30. The van der Waals surface area contributed by atoms with E-state index >= 15 is 0 Å². The Kier molecular flexibility index (Phi) is 17.4. The second-order valence-electron chi connectivity index (χ2n) is 10.1. The SMILES string of the molecule is CCC(=O)Nc1ccc(NC(=O)c2ccc(Nc3nc(N4CCCCC4)nc(N4CCCCC4)n3)cc2)c(O)c1.Cl.N.N.N.N.[HH].[HH].[HH].[HH]. The zero-order chi connectivity index (χ0) is 27.9. The highest BCUT2D eigenvalue weighted by molar-refractivity contribution is 6.05. The van der Waals surface area contributed by atoms with Gasteiger partial charge in [-0.1, -0.05) is 6.92 Å². The third-order valence-corrected chi connectivity index (χ3v) is 7.14. The summed E-state index contributed by atoms with van der Waals surface area (Å²) in [4.78, 5) is 43.2. The van der Waals surface area contributed by atoms with Gasteiger partial charge in [-0.15, -0.1) is 12.4 Å². The number of aromatic nitrogens is 3. The zero-order valence-electron chi connectivity index (χ0n) is 26.1. The maximum atomic E-state index is 12.8. The summed E-state index contributed by atoms with van der Waals surface area (Å²) in [6.07, 6.45) is 7.32. The lowest BCUT2D eigenvalue weighted by Crippen LogP contribution is -2.34. The Balaban J connectivity index is -0.000000717. The van der Waals surface area contributed by atoms with Gasteiger partial charge in [-0.05, 0) is 74.9 Å². The number of piperidine rings is 2. The van der Waals surface area contributed by atoms with E-state index in [4.69, 9.17) is 15.0 Å². The van der Waals surface area contributed by atoms with Crippen molar-refractivity contribution in [3.05, 3.63) is 48.0 Å². The summed E-state index contributed by atoms with van der Waals surface area (Å²) in [6.45, 7) is 5.52. The first-order chi connectivity index (χ1) is 19.5. The Morgan fingerprint density at radius 3 is 1.76 bits per heavy atom. The number of nitrogens with one attached hydrogen (secondary N) is 3. The molecule has 45 heavy (non-hydrogen) atoms. The molecule has 3 aromatic rings. The van der Waals surface area contributed by atoms with Crippen molar-refractivity contribution < 1.29 is 20.4 Å². The van der Waals surface area contributed by atoms with Gasteiger partial charge in [0.15, 0.2) is 0 Å². The average Bonchev–Trinajstić information content (AvgIpc) is 2.99. The molecule has 2 aromatic carbocycles. The predicted molar refractivity (Wildman–Crippen MR) is 192 cm³/mol. The lowest BCUT2D eigenvalue weighted by molar-refractivity contribution is -0.115. The first kappa shape index (κ1) is 40.7. The van der Waals surface area contributed by atoms with E-state index in [2.05, 4.69) is 25.8 Å². The number of hydrogen-bond donors (Lipinski definition) is 8. The number of nitrogens with zero attached hydrogens (tertiary/aromatic N) is 5. The third kappa shape index (κ3) is 10.7. The number of phenols is 1. The Hall–Kier alpha value is -4.28. The molecule has 2 aliphatic rings. The minimum Gasteiger partial charge on any atom is -0.506 e. The average molecular weight is 657 g/mol. The summed E-state index contributed by atoms with van der Waals surface area (Å²) in [6, 6.07) is 11.6. The number of rotatable bonds is 8. The van der Waals surface area contributed by atoms with Gasteiger partial charge in [0, 0.05) is 61.3 Å². The normalized spacial score (nSPS) is 13.7. The Morgan fingerprint density at radius 2 is 1.27 bits per heavy atom. The van der Waals surface area contributed by atoms with Crippen LogP contribution in [0.5, 0.6) is 5.75 Å². The number of anilines is 6. The van der Waals surface area contributed by atoms with Gasteiger partial charge in [0.25, 0.3) is 5.91 Å². The molecule has 3 heterocycles. The molecule has 16 N–H and O–H groups in total. The van der Waals surface area contributed by atoms with Gasteiger partial charge in [0.05, 0.1) is 5.69 Å². The molecule has 2 aliphatic heterocycles. The van der Waals surface area contributed by atoms with Crippen molar-refractivity contribution >= 4 is 59.1 Å². The Labute approximate surface area is 276 Å². The molecule has 0 bridgehead atoms. The second kappa shape index (κ2) is 19.2. The zero-order valence-corrected chi connectivity index (χ0v) is 26.9. The number of phenolic OH excluding ortho intramolecular Hbond substituents is 1. The van der Waals surface area contributed by atoms with Gasteiger partial charge in [-0.25, -0.2) is 0 Å². The lowest BCUT2D eigenvalue weighted by atomic mass is 10.1. The molecular weight excluding hydrogens is 600 g/mol. The van der Waals surface area contributed by atoms with Gasteiger partial charge in [-0.3, -0.25) is 9.59 Å². The van der Waals surface area contributed by atoms with Crippen LogP contribution in [0.25, 0.3) is 0 Å². The first-order valence-electron chi connectivity index (χ1n) is 14.1. The summed E-state index contributed by atoms with van der Waals surface area (Å²) < 4.78 is 0. The molecule has 2 saturated heterocycles. The summed E-state index contributed by atoms with van der Waals surface area (Å²) in [5, 5.41) is 19.0. The van der Waals surface area contributed by atoms with Crippen LogP contribution >= 0.6 is 12.4 Å². The van der Waals surface area contributed by atoms with Crippen LogP contribution in [0.15, 0.2) is 42.5 Å². The van der Waals surface area contributed by atoms with E-state index in [1.54, 1.807) is 43.3 Å². The monoisotopic (exact) mass is 656 g/mol. The molecule has 1 aromatic heterocycles. The van der Waals surface area contributed by atoms with Crippen LogP contribution in [-0.2, 0) is 4.79 Å². The summed E-state index contributed by atoms with van der Waals surface area (Å²) in [5.41, 5.74) is 1.88. The molecule has 0 spiro atoms. The highest BCUT2D eigenvalue weighted by atomic mass is 35.5. The molecule has 0 radical (unpaired) electrons. The maximum Gasteiger partial charge on any atom is 0.255 e. The van der Waals surface area contributed by atoms with Crippen molar-refractivity contribution in [1.82, 2.24) is 39.6 Å². The van der Waals surface area contributed by atoms with E-state index in [0.29, 0.717) is 35.5 Å². The fraction of sp³-hybridized carbons (Fsp3) is 0.414. The van der Waals surface area contributed by atoms with E-state index in [-0.39, 0.29) is 66.0 Å². The number of halogens is 1. The smallest absolute Gasteiger partial charge is 0.255 e. The molecule has 0 atom stereocenters. The Morgan fingerprint density at radius 1 is 0.756 bits per heavy atom. The minimum atomic E-state index is -0.368. The minimum absolute atomic E-state index is 0. The summed E-state index contributed by atoms with van der Waals surface area (Å²) in [7, 11) is 0. The quantitative estimate of drug-likeness (QED) is 0.114. The number of carbonyl (C=O) groups is 2. The van der Waals surface area contributed by atoms with E-state index < -0.39 is 0 Å². The molecule has 15 nitrogen and oxygen atoms in total. The number of aromatic hydroxyl groups is 1. The Bertz CT molecular complexity index is 1330. The fourth-order valence-electron chi connectivity index (χ4n) is 4.87. The van der Waals surface area contributed by atoms with Crippen molar-refractivity contribution in [1.29, 1.82) is 0 Å². The molecule has 2 fully saturated rings. The number of amides is 2. The van der Waals surface area contributed by atoms with Crippen molar-refractivity contribution in [3.8, 4) is 5.75 Å². The molecular formula is C29H57ClN12O3. The van der Waals surface area contributed by atoms with Crippen LogP contribution in [0.4, 0.5) is 34.9 Å². The van der Waals surface area contributed by atoms with Gasteiger partial charge < -0.3 is 55.5 Å². The summed E-state index contributed by atoms with van der Waals surface area (Å²) >= 11 is 0. The van der Waals surface area contributed by atoms with Crippen molar-refractivity contribution in [3.63, 3.8) is 0 Å².